The number of rotatable bonds is 10. The predicted molar refractivity (Wildman–Crippen MR) is 139 cm³/mol. The molecule has 0 spiro atoms. The van der Waals surface area contributed by atoms with E-state index in [0.29, 0.717) is 18.0 Å². The maximum Gasteiger partial charge on any atom is 0.190 e. The number of nitrogens with zero attached hydrogens (tertiary/aromatic N) is 3. The van der Waals surface area contributed by atoms with Gasteiger partial charge in [0.1, 0.15) is 0 Å². The molecular weight excluding hydrogens is 493 g/mol. The molecule has 2 rings (SSSR count). The summed E-state index contributed by atoms with van der Waals surface area (Å²) < 4.78 is 0. The number of nitrogens with one attached hydrogen (secondary N) is 2. The number of guanidine groups is 1. The maximum atomic E-state index is 4.41. The summed E-state index contributed by atoms with van der Waals surface area (Å²) in [5.41, 5.74) is 0. The van der Waals surface area contributed by atoms with Crippen LogP contribution in [0.1, 0.15) is 51.8 Å². The van der Waals surface area contributed by atoms with Gasteiger partial charge in [0.05, 0.1) is 0 Å². The van der Waals surface area contributed by atoms with E-state index in [9.17, 15) is 0 Å². The fourth-order valence-corrected chi connectivity index (χ4v) is 4.87. The molecule has 0 aromatic carbocycles. The van der Waals surface area contributed by atoms with E-state index in [-0.39, 0.29) is 24.0 Å². The van der Waals surface area contributed by atoms with E-state index in [2.05, 4.69) is 70.6 Å². The Bertz CT molecular complexity index is 554. The number of hydrogen-bond donors (Lipinski definition) is 2. The molecule has 1 unspecified atom stereocenters. The second kappa shape index (κ2) is 14.6. The van der Waals surface area contributed by atoms with Gasteiger partial charge in [-0.25, -0.2) is 0 Å². The average Bonchev–Trinajstić information content (AvgIpc) is 3.16. The molecule has 0 saturated carbocycles. The van der Waals surface area contributed by atoms with Crippen molar-refractivity contribution in [3.63, 3.8) is 0 Å². The molecule has 1 aromatic heterocycles. The Morgan fingerprint density at radius 3 is 2.66 bits per heavy atom. The first-order valence-corrected chi connectivity index (χ1v) is 11.8. The minimum absolute atomic E-state index is 0. The zero-order valence-corrected chi connectivity index (χ0v) is 22.1. The quantitative estimate of drug-likeness (QED) is 0.204. The first-order chi connectivity index (χ1) is 13.5. The predicted octanol–water partition coefficient (Wildman–Crippen LogP) is 4.25. The number of likely N-dealkylation sites (tertiary alicyclic amines) is 1. The van der Waals surface area contributed by atoms with Crippen LogP contribution in [0.25, 0.3) is 0 Å². The summed E-state index contributed by atoms with van der Waals surface area (Å²) in [7, 11) is 1.87. The fraction of sp³-hybridized carbons (Fsp3) is 0.773. The SMILES string of the molecule is CN=C(NCCCN(C(C)C)C(C)C)NCC1CCCN(Cc2cccs2)C1.I. The largest absolute Gasteiger partial charge is 0.356 e. The molecule has 1 atom stereocenters. The molecule has 1 fully saturated rings. The maximum absolute atomic E-state index is 4.41. The summed E-state index contributed by atoms with van der Waals surface area (Å²) in [6.07, 6.45) is 3.74. The van der Waals surface area contributed by atoms with Crippen molar-refractivity contribution in [1.82, 2.24) is 20.4 Å². The lowest BCUT2D eigenvalue weighted by Gasteiger charge is -2.33. The Kier molecular flexibility index (Phi) is 13.4. The number of hydrogen-bond acceptors (Lipinski definition) is 4. The zero-order valence-electron chi connectivity index (χ0n) is 19.0. The minimum atomic E-state index is 0. The smallest absolute Gasteiger partial charge is 0.190 e. The minimum Gasteiger partial charge on any atom is -0.356 e. The Morgan fingerprint density at radius 2 is 2.03 bits per heavy atom. The molecule has 7 heteroatoms. The van der Waals surface area contributed by atoms with Gasteiger partial charge in [-0.15, -0.1) is 35.3 Å². The lowest BCUT2D eigenvalue weighted by molar-refractivity contribution is 0.169. The highest BCUT2D eigenvalue weighted by atomic mass is 127. The molecule has 5 nitrogen and oxygen atoms in total. The van der Waals surface area contributed by atoms with Crippen molar-refractivity contribution in [2.45, 2.75) is 65.6 Å². The number of thiophene rings is 1. The second-order valence-electron chi connectivity index (χ2n) is 8.48. The van der Waals surface area contributed by atoms with Gasteiger partial charge in [-0.3, -0.25) is 14.8 Å². The number of halogens is 1. The molecule has 1 saturated heterocycles. The Hall–Kier alpha value is -0.380. The van der Waals surface area contributed by atoms with Gasteiger partial charge in [0.2, 0.25) is 0 Å². The van der Waals surface area contributed by atoms with Gasteiger partial charge in [-0.05, 0) is 70.9 Å². The first kappa shape index (κ1) is 26.7. The van der Waals surface area contributed by atoms with Crippen LogP contribution >= 0.6 is 35.3 Å². The standard InChI is InChI=1S/C22H41N5S.HI/c1-18(2)27(19(3)4)13-8-11-24-22(23-5)25-15-20-9-6-12-26(16-20)17-21-10-7-14-28-21;/h7,10,14,18-20H,6,8-9,11-13,15-17H2,1-5H3,(H2,23,24,25);1H. The molecule has 0 amide bonds. The average molecular weight is 536 g/mol. The van der Waals surface area contributed by atoms with E-state index in [1.54, 1.807) is 0 Å². The summed E-state index contributed by atoms with van der Waals surface area (Å²) in [5, 5.41) is 9.22. The lowest BCUT2D eigenvalue weighted by atomic mass is 9.98. The van der Waals surface area contributed by atoms with Crippen LogP contribution in [0, 0.1) is 5.92 Å². The molecule has 1 aromatic rings. The molecule has 2 heterocycles. The molecule has 0 bridgehead atoms. The van der Waals surface area contributed by atoms with E-state index < -0.39 is 0 Å². The monoisotopic (exact) mass is 535 g/mol. The normalized spacial score (nSPS) is 18.3. The Balaban J connectivity index is 0.00000420. The van der Waals surface area contributed by atoms with Crippen molar-refractivity contribution < 1.29 is 0 Å². The van der Waals surface area contributed by atoms with Crippen molar-refractivity contribution in [3.8, 4) is 0 Å². The van der Waals surface area contributed by atoms with E-state index >= 15 is 0 Å². The van der Waals surface area contributed by atoms with Crippen LogP contribution in [0.4, 0.5) is 0 Å². The molecule has 1 aliphatic rings. The van der Waals surface area contributed by atoms with E-state index in [1.807, 2.05) is 18.4 Å². The molecule has 168 valence electrons. The molecule has 0 aliphatic carbocycles. The highest BCUT2D eigenvalue weighted by Gasteiger charge is 2.20. The van der Waals surface area contributed by atoms with Gasteiger partial charge < -0.3 is 10.6 Å². The number of aliphatic imine (C=N–C) groups is 1. The third-order valence-electron chi connectivity index (χ3n) is 5.56. The highest BCUT2D eigenvalue weighted by molar-refractivity contribution is 14.0. The molecular formula is C22H42IN5S. The first-order valence-electron chi connectivity index (χ1n) is 10.9. The van der Waals surface area contributed by atoms with Crippen molar-refractivity contribution in [2.24, 2.45) is 10.9 Å². The van der Waals surface area contributed by atoms with E-state index in [0.717, 1.165) is 38.6 Å². The summed E-state index contributed by atoms with van der Waals surface area (Å²) >= 11 is 1.87. The van der Waals surface area contributed by atoms with Crippen molar-refractivity contribution in [2.75, 3.05) is 39.8 Å². The van der Waals surface area contributed by atoms with Crippen LogP contribution in [0.5, 0.6) is 0 Å². The van der Waals surface area contributed by atoms with Crippen LogP contribution in [-0.4, -0.2) is 67.6 Å². The van der Waals surface area contributed by atoms with E-state index in [1.165, 1.54) is 30.8 Å². The highest BCUT2D eigenvalue weighted by Crippen LogP contribution is 2.19. The van der Waals surface area contributed by atoms with Crippen LogP contribution in [0.2, 0.25) is 0 Å². The molecule has 29 heavy (non-hydrogen) atoms. The second-order valence-corrected chi connectivity index (χ2v) is 9.51. The topological polar surface area (TPSA) is 42.9 Å². The third-order valence-corrected chi connectivity index (χ3v) is 6.42. The van der Waals surface area contributed by atoms with Gasteiger partial charge in [0.25, 0.3) is 0 Å². The van der Waals surface area contributed by atoms with Gasteiger partial charge in [-0.2, -0.15) is 0 Å². The molecule has 1 aliphatic heterocycles. The van der Waals surface area contributed by atoms with Gasteiger partial charge in [0.15, 0.2) is 5.96 Å². The summed E-state index contributed by atoms with van der Waals surface area (Å²) in [4.78, 5) is 11.0. The van der Waals surface area contributed by atoms with Gasteiger partial charge in [-0.1, -0.05) is 6.07 Å². The summed E-state index contributed by atoms with van der Waals surface area (Å²) in [6.45, 7) is 15.7. The van der Waals surface area contributed by atoms with Crippen molar-refractivity contribution in [1.29, 1.82) is 0 Å². The van der Waals surface area contributed by atoms with Crippen LogP contribution < -0.4 is 10.6 Å². The molecule has 2 N–H and O–H groups in total. The van der Waals surface area contributed by atoms with Crippen molar-refractivity contribution >= 4 is 41.3 Å². The van der Waals surface area contributed by atoms with Crippen LogP contribution in [0.3, 0.4) is 0 Å². The lowest BCUT2D eigenvalue weighted by Crippen LogP contribution is -2.45. The summed E-state index contributed by atoms with van der Waals surface area (Å²) in [5.74, 6) is 1.64. The van der Waals surface area contributed by atoms with E-state index in [4.69, 9.17) is 0 Å². The van der Waals surface area contributed by atoms with Crippen LogP contribution in [0.15, 0.2) is 22.5 Å². The zero-order chi connectivity index (χ0) is 20.4. The molecule has 0 radical (unpaired) electrons. The number of piperidine rings is 1. The van der Waals surface area contributed by atoms with Crippen LogP contribution in [-0.2, 0) is 6.54 Å². The van der Waals surface area contributed by atoms with Gasteiger partial charge >= 0.3 is 0 Å². The Morgan fingerprint density at radius 1 is 1.28 bits per heavy atom. The Labute approximate surface area is 199 Å². The van der Waals surface area contributed by atoms with Crippen molar-refractivity contribution in [3.05, 3.63) is 22.4 Å². The third kappa shape index (κ3) is 9.98. The summed E-state index contributed by atoms with van der Waals surface area (Å²) in [6, 6.07) is 5.60. The fourth-order valence-electron chi connectivity index (χ4n) is 4.13. The van der Waals surface area contributed by atoms with Gasteiger partial charge in [0, 0.05) is 56.7 Å².